The zero-order chi connectivity index (χ0) is 26.4. The predicted octanol–water partition coefficient (Wildman–Crippen LogP) is 7.64. The minimum absolute atomic E-state index is 0.0570. The molecule has 0 radical (unpaired) electrons. The standard InChI is InChI=1S/C19H24N2O3S.C5H12.C2H6.ClH.Rh/c1-17(2)18(9-8-14-10-16(22)19(14,17)18)12-25(23,24)21-15(11-20)13-6-4-3-5-7-13;1-4-5(2)3;1-2;;/h3-7,14-15,20H,8-12H2,1-2H3;5H,4H2,1-3H3;1-2H3;1H;/q-2;;;;+3/p-1. The first-order valence-corrected chi connectivity index (χ1v) is 16.0. The first kappa shape index (κ1) is 31.7. The van der Waals surface area contributed by atoms with Crippen LogP contribution in [0.25, 0.3) is 10.5 Å². The summed E-state index contributed by atoms with van der Waals surface area (Å²) in [5, 5.41) is 0. The Kier molecular flexibility index (Phi) is 11.9. The van der Waals surface area contributed by atoms with Crippen molar-refractivity contribution in [3.63, 3.8) is 0 Å². The number of rotatable bonds is 7. The number of benzene rings is 1. The molecule has 196 valence electrons. The molecule has 0 bridgehead atoms. The van der Waals surface area contributed by atoms with E-state index in [2.05, 4.69) is 35.2 Å². The third-order valence-corrected chi connectivity index (χ3v) is 9.62. The van der Waals surface area contributed by atoms with Crippen LogP contribution in [0.15, 0.2) is 30.3 Å². The summed E-state index contributed by atoms with van der Waals surface area (Å²) in [7, 11) is 0.818. The number of hydrogen-bond acceptors (Lipinski definition) is 3. The van der Waals surface area contributed by atoms with Gasteiger partial charge in [0, 0.05) is 23.0 Å². The van der Waals surface area contributed by atoms with Gasteiger partial charge in [0.05, 0.1) is 10.0 Å². The summed E-state index contributed by atoms with van der Waals surface area (Å²) in [6, 6.07) is 8.45. The number of nitrogens with zero attached hydrogens (tertiary/aromatic N) is 1. The summed E-state index contributed by atoms with van der Waals surface area (Å²) in [6.07, 6.45) is 3.66. The summed E-state index contributed by atoms with van der Waals surface area (Å²) < 4.78 is 29.8. The monoisotopic (exact) mass is 600 g/mol. The molecule has 1 N–H and O–H groups in total. The molecule has 4 rings (SSSR count). The molecule has 4 atom stereocenters. The van der Waals surface area contributed by atoms with Gasteiger partial charge in [0.2, 0.25) is 0 Å². The van der Waals surface area contributed by atoms with Crippen LogP contribution in [-0.2, 0) is 32.1 Å². The van der Waals surface area contributed by atoms with E-state index < -0.39 is 26.9 Å². The second-order valence-corrected chi connectivity index (χ2v) is 11.8. The molecule has 5 nitrogen and oxygen atoms in total. The van der Waals surface area contributed by atoms with E-state index in [-0.39, 0.29) is 23.5 Å². The topological polar surface area (TPSA) is 89.1 Å². The van der Waals surface area contributed by atoms with Gasteiger partial charge in [-0.15, -0.1) is 6.04 Å². The van der Waals surface area contributed by atoms with E-state index in [1.165, 1.54) is 6.42 Å². The Labute approximate surface area is 222 Å². The maximum absolute atomic E-state index is 12.9. The van der Waals surface area contributed by atoms with Crippen molar-refractivity contribution in [1.82, 2.24) is 0 Å². The van der Waals surface area contributed by atoms with Crippen LogP contribution in [0.3, 0.4) is 0 Å². The summed E-state index contributed by atoms with van der Waals surface area (Å²) in [4.78, 5) is 12.4. The molecular weight excluding hydrogens is 559 g/mol. The van der Waals surface area contributed by atoms with E-state index in [1.54, 1.807) is 12.1 Å². The molecule has 8 heteroatoms. The zero-order valence-corrected chi connectivity index (χ0v) is 24.9. The van der Waals surface area contributed by atoms with Crippen molar-refractivity contribution in [2.24, 2.45) is 28.1 Å². The van der Waals surface area contributed by atoms with Gasteiger partial charge in [-0.05, 0) is 30.1 Å². The molecule has 1 aromatic carbocycles. The number of halogens is 1. The van der Waals surface area contributed by atoms with E-state index in [9.17, 15) is 13.2 Å². The van der Waals surface area contributed by atoms with Crippen LogP contribution < -0.4 is 0 Å². The third-order valence-electron chi connectivity index (χ3n) is 8.19. The summed E-state index contributed by atoms with van der Waals surface area (Å²) >= 11 is 2.02. The summed E-state index contributed by atoms with van der Waals surface area (Å²) in [5.41, 5.74) is 7.31. The Balaban J connectivity index is 0.000000563. The second kappa shape index (κ2) is 12.8. The van der Waals surface area contributed by atoms with Gasteiger partial charge in [0.15, 0.2) is 0 Å². The predicted molar refractivity (Wildman–Crippen MR) is 139 cm³/mol. The van der Waals surface area contributed by atoms with Gasteiger partial charge < -0.3 is 10.5 Å². The van der Waals surface area contributed by atoms with Crippen LogP contribution in [-0.4, -0.2) is 26.5 Å². The Morgan fingerprint density at radius 2 is 1.71 bits per heavy atom. The molecule has 3 saturated carbocycles. The molecule has 3 aliphatic carbocycles. The SMILES string of the molecule is CC.CC1(C)C2(CS(=O)(=O)[N-]C(C[NH-])c3ccccc3)CCC3CC(=O)C312.CCC(C)C.[Cl][Rh+2]. The Morgan fingerprint density at radius 3 is 2.12 bits per heavy atom. The molecule has 0 amide bonds. The molecule has 0 aromatic heterocycles. The number of ketones is 1. The van der Waals surface area contributed by atoms with E-state index in [1.807, 2.05) is 63.2 Å². The van der Waals surface area contributed by atoms with Crippen molar-refractivity contribution in [3.8, 4) is 0 Å². The van der Waals surface area contributed by atoms with E-state index in [0.717, 1.165) is 24.3 Å². The van der Waals surface area contributed by atoms with Crippen molar-refractivity contribution in [3.05, 3.63) is 46.4 Å². The number of nitrogens with one attached hydrogen (secondary N) is 1. The van der Waals surface area contributed by atoms with Crippen molar-refractivity contribution < 1.29 is 30.5 Å². The first-order valence-electron chi connectivity index (χ1n) is 12.3. The number of sulfonamides is 1. The van der Waals surface area contributed by atoms with Gasteiger partial charge in [-0.3, -0.25) is 4.79 Å². The van der Waals surface area contributed by atoms with Crippen LogP contribution >= 0.6 is 9.69 Å². The molecular formula is C26H42ClN2O3RhS. The average Bonchev–Trinajstić information content (AvgIpc) is 3.12. The van der Waals surface area contributed by atoms with Crippen molar-refractivity contribution in [2.75, 3.05) is 12.3 Å². The number of hydrogen-bond donors (Lipinski definition) is 0. The summed E-state index contributed by atoms with van der Waals surface area (Å²) in [6.45, 7) is 14.6. The fraction of sp³-hybridized carbons (Fsp3) is 0.731. The van der Waals surface area contributed by atoms with Crippen LogP contribution in [0.2, 0.25) is 0 Å². The summed E-state index contributed by atoms with van der Waals surface area (Å²) in [5.74, 6) is 1.43. The van der Waals surface area contributed by atoms with Crippen LogP contribution in [0.4, 0.5) is 0 Å². The minimum atomic E-state index is -3.71. The van der Waals surface area contributed by atoms with E-state index in [0.29, 0.717) is 12.3 Å². The van der Waals surface area contributed by atoms with E-state index in [4.69, 9.17) is 5.73 Å². The van der Waals surface area contributed by atoms with Crippen LogP contribution in [0, 0.1) is 28.1 Å². The molecule has 0 aliphatic heterocycles. The third kappa shape index (κ3) is 5.49. The molecule has 4 unspecified atom stereocenters. The fourth-order valence-electron chi connectivity index (χ4n) is 6.29. The van der Waals surface area contributed by atoms with Crippen LogP contribution in [0.1, 0.15) is 85.8 Å². The van der Waals surface area contributed by atoms with Gasteiger partial charge in [-0.1, -0.05) is 90.8 Å². The van der Waals surface area contributed by atoms with Gasteiger partial charge >= 0.3 is 27.0 Å². The zero-order valence-electron chi connectivity index (χ0n) is 21.7. The van der Waals surface area contributed by atoms with Crippen molar-refractivity contribution >= 4 is 25.5 Å². The van der Waals surface area contributed by atoms with Crippen molar-refractivity contribution in [2.45, 2.75) is 80.2 Å². The molecule has 34 heavy (non-hydrogen) atoms. The average molecular weight is 601 g/mol. The van der Waals surface area contributed by atoms with Gasteiger partial charge in [-0.25, -0.2) is 8.42 Å². The molecule has 1 aromatic rings. The number of carbonyl (C=O) groups excluding carboxylic acids is 1. The molecule has 3 fully saturated rings. The molecule has 1 spiro atoms. The quantitative estimate of drug-likeness (QED) is 0.301. The Bertz CT molecular complexity index is 895. The Morgan fingerprint density at radius 1 is 1.18 bits per heavy atom. The van der Waals surface area contributed by atoms with E-state index >= 15 is 0 Å². The number of carbonyl (C=O) groups is 1. The van der Waals surface area contributed by atoms with Gasteiger partial charge in [-0.2, -0.15) is 6.54 Å². The second-order valence-electron chi connectivity index (χ2n) is 10.1. The van der Waals surface area contributed by atoms with Crippen LogP contribution in [0.5, 0.6) is 0 Å². The van der Waals surface area contributed by atoms with Gasteiger partial charge in [0.1, 0.15) is 5.78 Å². The van der Waals surface area contributed by atoms with Gasteiger partial charge in [0.25, 0.3) is 0 Å². The first-order chi connectivity index (χ1) is 16.0. The fourth-order valence-corrected chi connectivity index (χ4v) is 8.31. The molecule has 0 saturated heterocycles. The maximum atomic E-state index is 12.9. The molecule has 3 aliphatic rings. The van der Waals surface area contributed by atoms with Crippen molar-refractivity contribution in [1.29, 1.82) is 0 Å². The number of Topliss-reactive ketones (excluding diaryl/α,β-unsaturated/α-hetero) is 1. The Hall–Kier alpha value is -0.327. The molecule has 0 heterocycles. The normalized spacial score (nSPS) is 28.4.